The minimum Gasteiger partial charge on any atom is -0.344 e. The molecule has 0 radical (unpaired) electrons. The molecule has 0 saturated heterocycles. The fourth-order valence-corrected chi connectivity index (χ4v) is 1.06. The number of nitrogens with one attached hydrogen (secondary N) is 1. The summed E-state index contributed by atoms with van der Waals surface area (Å²) in [6, 6.07) is -0.334. The van der Waals surface area contributed by atoms with Crippen LogP contribution in [-0.4, -0.2) is 44.0 Å². The molecular weight excluding hydrogens is 166 g/mol. The van der Waals surface area contributed by atoms with Crippen LogP contribution in [0.4, 0.5) is 0 Å². The van der Waals surface area contributed by atoms with Crippen LogP contribution in [0.2, 0.25) is 0 Å². The molecule has 0 aliphatic carbocycles. The molecule has 1 atom stereocenters. The third kappa shape index (κ3) is 4.85. The standard InChI is InChI=1S/C9H21N3O/c1-4-8(10)9(13)12(3)7-5-6-11-2/h8,11H,4-7,10H2,1-3H3. The van der Waals surface area contributed by atoms with Crippen LogP contribution in [0, 0.1) is 0 Å². The van der Waals surface area contributed by atoms with Gasteiger partial charge >= 0.3 is 0 Å². The van der Waals surface area contributed by atoms with E-state index in [1.165, 1.54) is 0 Å². The molecule has 0 rings (SSSR count). The minimum absolute atomic E-state index is 0.0404. The van der Waals surface area contributed by atoms with Crippen LogP contribution in [0.3, 0.4) is 0 Å². The van der Waals surface area contributed by atoms with Crippen LogP contribution in [0.5, 0.6) is 0 Å². The van der Waals surface area contributed by atoms with Gasteiger partial charge in [-0.25, -0.2) is 0 Å². The van der Waals surface area contributed by atoms with E-state index < -0.39 is 0 Å². The number of carbonyl (C=O) groups is 1. The molecule has 0 aliphatic rings. The third-order valence-electron chi connectivity index (χ3n) is 2.05. The second-order valence-electron chi connectivity index (χ2n) is 3.23. The van der Waals surface area contributed by atoms with Crippen LogP contribution in [-0.2, 0) is 4.79 Å². The first-order chi connectivity index (χ1) is 6.13. The predicted molar refractivity (Wildman–Crippen MR) is 54.4 cm³/mol. The van der Waals surface area contributed by atoms with E-state index in [0.29, 0.717) is 6.42 Å². The predicted octanol–water partition coefficient (Wildman–Crippen LogP) is -0.208. The van der Waals surface area contributed by atoms with Crippen molar-refractivity contribution >= 4 is 5.91 Å². The molecule has 0 aromatic rings. The molecule has 78 valence electrons. The lowest BCUT2D eigenvalue weighted by Gasteiger charge is -2.20. The van der Waals surface area contributed by atoms with E-state index in [9.17, 15) is 4.79 Å². The van der Waals surface area contributed by atoms with Gasteiger partial charge in [0, 0.05) is 13.6 Å². The lowest BCUT2D eigenvalue weighted by Crippen LogP contribution is -2.42. The van der Waals surface area contributed by atoms with Crippen molar-refractivity contribution in [1.82, 2.24) is 10.2 Å². The first-order valence-corrected chi connectivity index (χ1v) is 4.78. The summed E-state index contributed by atoms with van der Waals surface area (Å²) in [6.07, 6.45) is 1.67. The van der Waals surface area contributed by atoms with Gasteiger partial charge in [-0.3, -0.25) is 4.79 Å². The van der Waals surface area contributed by atoms with Crippen molar-refractivity contribution in [3.63, 3.8) is 0 Å². The average Bonchev–Trinajstić information content (AvgIpc) is 2.15. The minimum atomic E-state index is -0.334. The number of hydrogen-bond donors (Lipinski definition) is 2. The Morgan fingerprint density at radius 3 is 2.69 bits per heavy atom. The van der Waals surface area contributed by atoms with Crippen LogP contribution < -0.4 is 11.1 Å². The molecule has 0 aromatic heterocycles. The molecule has 1 amide bonds. The Morgan fingerprint density at radius 2 is 2.23 bits per heavy atom. The average molecular weight is 187 g/mol. The highest BCUT2D eigenvalue weighted by atomic mass is 16.2. The number of amides is 1. The lowest BCUT2D eigenvalue weighted by atomic mass is 10.2. The van der Waals surface area contributed by atoms with Crippen molar-refractivity contribution in [2.45, 2.75) is 25.8 Å². The second kappa shape index (κ2) is 6.86. The van der Waals surface area contributed by atoms with Gasteiger partial charge in [-0.05, 0) is 26.4 Å². The number of nitrogens with two attached hydrogens (primary N) is 1. The Balaban J connectivity index is 3.69. The number of carbonyl (C=O) groups excluding carboxylic acids is 1. The van der Waals surface area contributed by atoms with E-state index >= 15 is 0 Å². The Morgan fingerprint density at radius 1 is 1.62 bits per heavy atom. The monoisotopic (exact) mass is 187 g/mol. The van der Waals surface area contributed by atoms with E-state index in [4.69, 9.17) is 5.73 Å². The van der Waals surface area contributed by atoms with Gasteiger partial charge in [0.2, 0.25) is 5.91 Å². The Kier molecular flexibility index (Phi) is 6.54. The van der Waals surface area contributed by atoms with Gasteiger partial charge in [0.25, 0.3) is 0 Å². The normalized spacial score (nSPS) is 12.6. The quantitative estimate of drug-likeness (QED) is 0.566. The molecule has 0 aliphatic heterocycles. The molecule has 0 bridgehead atoms. The zero-order chi connectivity index (χ0) is 10.3. The maximum Gasteiger partial charge on any atom is 0.239 e. The number of likely N-dealkylation sites (N-methyl/N-ethyl adjacent to an activating group) is 1. The van der Waals surface area contributed by atoms with Crippen molar-refractivity contribution < 1.29 is 4.79 Å². The summed E-state index contributed by atoms with van der Waals surface area (Å²) >= 11 is 0. The van der Waals surface area contributed by atoms with Crippen LogP contribution >= 0.6 is 0 Å². The molecule has 0 spiro atoms. The summed E-state index contributed by atoms with van der Waals surface area (Å²) in [7, 11) is 3.70. The Labute approximate surface area is 80.5 Å². The van der Waals surface area contributed by atoms with Gasteiger partial charge in [-0.15, -0.1) is 0 Å². The summed E-state index contributed by atoms with van der Waals surface area (Å²) in [5.74, 6) is 0.0404. The lowest BCUT2D eigenvalue weighted by molar-refractivity contribution is -0.131. The van der Waals surface area contributed by atoms with Crippen molar-refractivity contribution in [3.8, 4) is 0 Å². The fourth-order valence-electron chi connectivity index (χ4n) is 1.06. The van der Waals surface area contributed by atoms with E-state index in [1.807, 2.05) is 14.0 Å². The fraction of sp³-hybridized carbons (Fsp3) is 0.889. The van der Waals surface area contributed by atoms with Gasteiger partial charge in [0.1, 0.15) is 0 Å². The molecule has 0 heterocycles. The molecule has 4 heteroatoms. The molecule has 3 N–H and O–H groups in total. The van der Waals surface area contributed by atoms with Crippen LogP contribution in [0.25, 0.3) is 0 Å². The van der Waals surface area contributed by atoms with Crippen molar-refractivity contribution in [2.24, 2.45) is 5.73 Å². The molecule has 0 fully saturated rings. The zero-order valence-electron chi connectivity index (χ0n) is 8.84. The van der Waals surface area contributed by atoms with Crippen molar-refractivity contribution in [3.05, 3.63) is 0 Å². The topological polar surface area (TPSA) is 58.4 Å². The van der Waals surface area contributed by atoms with E-state index in [2.05, 4.69) is 5.32 Å². The highest BCUT2D eigenvalue weighted by molar-refractivity contribution is 5.81. The van der Waals surface area contributed by atoms with Gasteiger partial charge in [-0.1, -0.05) is 6.92 Å². The van der Waals surface area contributed by atoms with E-state index in [-0.39, 0.29) is 11.9 Å². The first kappa shape index (κ1) is 12.4. The van der Waals surface area contributed by atoms with Gasteiger partial charge in [-0.2, -0.15) is 0 Å². The second-order valence-corrected chi connectivity index (χ2v) is 3.23. The number of hydrogen-bond acceptors (Lipinski definition) is 3. The summed E-state index contributed by atoms with van der Waals surface area (Å²) in [5.41, 5.74) is 5.61. The first-order valence-electron chi connectivity index (χ1n) is 4.78. The number of nitrogens with zero attached hydrogens (tertiary/aromatic N) is 1. The molecule has 1 unspecified atom stereocenters. The molecule has 4 nitrogen and oxygen atoms in total. The van der Waals surface area contributed by atoms with Crippen molar-refractivity contribution in [1.29, 1.82) is 0 Å². The smallest absolute Gasteiger partial charge is 0.239 e. The maximum atomic E-state index is 11.4. The summed E-state index contributed by atoms with van der Waals surface area (Å²) in [6.45, 7) is 3.62. The third-order valence-corrected chi connectivity index (χ3v) is 2.05. The molecule has 13 heavy (non-hydrogen) atoms. The van der Waals surface area contributed by atoms with E-state index in [1.54, 1.807) is 11.9 Å². The summed E-state index contributed by atoms with van der Waals surface area (Å²) in [5, 5.41) is 3.04. The van der Waals surface area contributed by atoms with Crippen LogP contribution in [0.1, 0.15) is 19.8 Å². The maximum absolute atomic E-state index is 11.4. The number of rotatable bonds is 6. The SMILES string of the molecule is CCC(N)C(=O)N(C)CCCNC. The van der Waals surface area contributed by atoms with Gasteiger partial charge < -0.3 is 16.0 Å². The van der Waals surface area contributed by atoms with Crippen molar-refractivity contribution in [2.75, 3.05) is 27.2 Å². The molecule has 0 aromatic carbocycles. The van der Waals surface area contributed by atoms with Gasteiger partial charge in [0.05, 0.1) is 6.04 Å². The highest BCUT2D eigenvalue weighted by Gasteiger charge is 2.14. The summed E-state index contributed by atoms with van der Waals surface area (Å²) in [4.78, 5) is 13.1. The Bertz CT molecular complexity index is 150. The highest BCUT2D eigenvalue weighted by Crippen LogP contribution is 1.95. The molecule has 0 saturated carbocycles. The Hall–Kier alpha value is -0.610. The summed E-state index contributed by atoms with van der Waals surface area (Å²) < 4.78 is 0. The van der Waals surface area contributed by atoms with Gasteiger partial charge in [0.15, 0.2) is 0 Å². The molecular formula is C9H21N3O. The van der Waals surface area contributed by atoms with Crippen LogP contribution in [0.15, 0.2) is 0 Å². The largest absolute Gasteiger partial charge is 0.344 e. The zero-order valence-corrected chi connectivity index (χ0v) is 8.84. The van der Waals surface area contributed by atoms with E-state index in [0.717, 1.165) is 19.5 Å².